The number of nitrogens with zero attached hydrogens (tertiary/aromatic N) is 1. The zero-order valence-electron chi connectivity index (χ0n) is 10.8. The van der Waals surface area contributed by atoms with E-state index in [2.05, 4.69) is 11.9 Å². The molecular weight excluding hydrogens is 238 g/mol. The minimum Gasteiger partial charge on any atom is -0.379 e. The van der Waals surface area contributed by atoms with Crippen molar-refractivity contribution in [3.63, 3.8) is 0 Å². The fourth-order valence-corrected chi connectivity index (χ4v) is 4.79. The van der Waals surface area contributed by atoms with E-state index < -0.39 is 8.80 Å². The maximum Gasteiger partial charge on any atom is 0.501 e. The molecule has 2 fully saturated rings. The largest absolute Gasteiger partial charge is 0.501 e. The van der Waals surface area contributed by atoms with E-state index in [-0.39, 0.29) is 6.10 Å². The van der Waals surface area contributed by atoms with Crippen LogP contribution in [-0.2, 0) is 18.0 Å². The summed E-state index contributed by atoms with van der Waals surface area (Å²) in [5, 5.41) is 0. The van der Waals surface area contributed by atoms with E-state index in [1.807, 2.05) is 0 Å². The van der Waals surface area contributed by atoms with Crippen molar-refractivity contribution in [3.05, 3.63) is 0 Å². The average molecular weight is 261 g/mol. The van der Waals surface area contributed by atoms with Crippen LogP contribution in [-0.4, -0.2) is 66.9 Å². The minimum absolute atomic E-state index is 0.0741. The molecule has 0 N–H and O–H groups in total. The first-order valence-corrected chi connectivity index (χ1v) is 8.30. The van der Waals surface area contributed by atoms with Crippen molar-refractivity contribution >= 4 is 8.80 Å². The molecule has 2 aliphatic heterocycles. The molecule has 2 atom stereocenters. The molecule has 0 radical (unpaired) electrons. The lowest BCUT2D eigenvalue weighted by molar-refractivity contribution is -0.0237. The van der Waals surface area contributed by atoms with E-state index >= 15 is 0 Å². The number of hydrogen-bond acceptors (Lipinski definition) is 5. The van der Waals surface area contributed by atoms with Gasteiger partial charge in [0.1, 0.15) is 0 Å². The molecule has 100 valence electrons. The quantitative estimate of drug-likeness (QED) is 0.651. The SMILES string of the molecule is CO[Si]12CCCOCC(CN(C)CCCO1)O2. The van der Waals surface area contributed by atoms with E-state index in [9.17, 15) is 0 Å². The van der Waals surface area contributed by atoms with Crippen molar-refractivity contribution in [2.75, 3.05) is 47.1 Å². The summed E-state index contributed by atoms with van der Waals surface area (Å²) in [6.07, 6.45) is 2.07. The summed E-state index contributed by atoms with van der Waals surface area (Å²) in [4.78, 5) is 2.28. The van der Waals surface area contributed by atoms with Crippen molar-refractivity contribution in [1.29, 1.82) is 0 Å². The first kappa shape index (κ1) is 13.4. The van der Waals surface area contributed by atoms with Gasteiger partial charge in [-0.25, -0.2) is 0 Å². The Morgan fingerprint density at radius 2 is 2.18 bits per heavy atom. The normalized spacial score (nSPS) is 37.4. The summed E-state index contributed by atoms with van der Waals surface area (Å²) in [5.41, 5.74) is 0. The van der Waals surface area contributed by atoms with Gasteiger partial charge in [0.05, 0.1) is 12.7 Å². The van der Waals surface area contributed by atoms with Crippen LogP contribution in [0.4, 0.5) is 0 Å². The van der Waals surface area contributed by atoms with Crippen LogP contribution >= 0.6 is 0 Å². The predicted molar refractivity (Wildman–Crippen MR) is 65.9 cm³/mol. The molecule has 5 nitrogen and oxygen atoms in total. The molecule has 2 bridgehead atoms. The van der Waals surface area contributed by atoms with Crippen LogP contribution < -0.4 is 0 Å². The molecule has 2 aliphatic rings. The highest BCUT2D eigenvalue weighted by Crippen LogP contribution is 2.23. The molecule has 0 aromatic heterocycles. The molecular formula is C11H23NO4Si. The Morgan fingerprint density at radius 1 is 1.29 bits per heavy atom. The second-order valence-electron chi connectivity index (χ2n) is 4.77. The Kier molecular flexibility index (Phi) is 4.95. The summed E-state index contributed by atoms with van der Waals surface area (Å²) in [6.45, 7) is 4.09. The van der Waals surface area contributed by atoms with Crippen molar-refractivity contribution in [2.24, 2.45) is 0 Å². The Balaban J connectivity index is 2.09. The number of rotatable bonds is 1. The van der Waals surface area contributed by atoms with Crippen LogP contribution in [0.3, 0.4) is 0 Å². The molecule has 17 heavy (non-hydrogen) atoms. The van der Waals surface area contributed by atoms with Crippen molar-refractivity contribution in [2.45, 2.75) is 25.0 Å². The molecule has 0 aromatic carbocycles. The zero-order valence-corrected chi connectivity index (χ0v) is 11.8. The van der Waals surface area contributed by atoms with E-state index in [1.54, 1.807) is 7.11 Å². The van der Waals surface area contributed by atoms with Crippen LogP contribution in [0, 0.1) is 0 Å². The van der Waals surface area contributed by atoms with Gasteiger partial charge in [0.15, 0.2) is 0 Å². The Bertz CT molecular complexity index is 244. The van der Waals surface area contributed by atoms with Crippen LogP contribution in [0.2, 0.25) is 6.04 Å². The van der Waals surface area contributed by atoms with Gasteiger partial charge in [0.25, 0.3) is 0 Å². The zero-order chi connectivity index (χ0) is 12.1. The molecule has 2 rings (SSSR count). The lowest BCUT2D eigenvalue weighted by atomic mass is 10.3. The highest BCUT2D eigenvalue weighted by Gasteiger charge is 2.43. The molecule has 0 spiro atoms. The van der Waals surface area contributed by atoms with Crippen molar-refractivity contribution in [3.8, 4) is 0 Å². The minimum atomic E-state index is -2.44. The topological polar surface area (TPSA) is 40.2 Å². The Labute approximate surface area is 104 Å². The van der Waals surface area contributed by atoms with Gasteiger partial charge in [-0.05, 0) is 19.9 Å². The van der Waals surface area contributed by atoms with Gasteiger partial charge in [0.2, 0.25) is 0 Å². The predicted octanol–water partition coefficient (Wildman–Crippen LogP) is 0.729. The van der Waals surface area contributed by atoms with Crippen LogP contribution in [0.15, 0.2) is 0 Å². The standard InChI is InChI=1S/C11H23NO4Si/c1-12-5-3-7-15-17(13-2)8-4-6-14-10-11(9-12)16-17/h11H,3-10H2,1-2H3. The van der Waals surface area contributed by atoms with Gasteiger partial charge in [-0.2, -0.15) is 0 Å². The van der Waals surface area contributed by atoms with Crippen LogP contribution in [0.1, 0.15) is 12.8 Å². The van der Waals surface area contributed by atoms with Crippen LogP contribution in [0.5, 0.6) is 0 Å². The number of fused-ring (bicyclic) bond motifs is 2. The monoisotopic (exact) mass is 261 g/mol. The molecule has 2 heterocycles. The van der Waals surface area contributed by atoms with E-state index in [1.165, 1.54) is 0 Å². The van der Waals surface area contributed by atoms with Gasteiger partial charge in [-0.3, -0.25) is 0 Å². The number of hydrogen-bond donors (Lipinski definition) is 0. The first-order chi connectivity index (χ1) is 8.24. The third-order valence-electron chi connectivity index (χ3n) is 3.25. The van der Waals surface area contributed by atoms with Gasteiger partial charge in [-0.1, -0.05) is 0 Å². The molecule has 2 saturated heterocycles. The number of ether oxygens (including phenoxy) is 1. The molecule has 0 amide bonds. The number of likely N-dealkylation sites (N-methyl/N-ethyl adjacent to an activating group) is 1. The highest BCUT2D eigenvalue weighted by atomic mass is 28.4. The lowest BCUT2D eigenvalue weighted by Crippen LogP contribution is -2.51. The van der Waals surface area contributed by atoms with Gasteiger partial charge in [-0.15, -0.1) is 0 Å². The van der Waals surface area contributed by atoms with Gasteiger partial charge in [0, 0.05) is 39.5 Å². The summed E-state index contributed by atoms with van der Waals surface area (Å²) < 4.78 is 23.3. The van der Waals surface area contributed by atoms with Crippen molar-refractivity contribution < 1.29 is 18.0 Å². The fourth-order valence-electron chi connectivity index (χ4n) is 2.36. The van der Waals surface area contributed by atoms with Gasteiger partial charge >= 0.3 is 8.80 Å². The lowest BCUT2D eigenvalue weighted by Gasteiger charge is -2.34. The smallest absolute Gasteiger partial charge is 0.379 e. The van der Waals surface area contributed by atoms with Gasteiger partial charge < -0.3 is 22.9 Å². The molecule has 6 heteroatoms. The summed E-state index contributed by atoms with van der Waals surface area (Å²) >= 11 is 0. The van der Waals surface area contributed by atoms with E-state index in [0.29, 0.717) is 6.61 Å². The second-order valence-corrected chi connectivity index (χ2v) is 7.57. The van der Waals surface area contributed by atoms with Crippen LogP contribution in [0.25, 0.3) is 0 Å². The molecule has 2 unspecified atom stereocenters. The average Bonchev–Trinajstić information content (AvgIpc) is 2.37. The Morgan fingerprint density at radius 3 is 3.00 bits per heavy atom. The first-order valence-electron chi connectivity index (χ1n) is 6.37. The third kappa shape index (κ3) is 3.74. The van der Waals surface area contributed by atoms with E-state index in [4.69, 9.17) is 18.0 Å². The summed E-state index contributed by atoms with van der Waals surface area (Å²) in [6, 6.07) is 0.865. The molecule has 0 saturated carbocycles. The van der Waals surface area contributed by atoms with E-state index in [0.717, 1.165) is 45.2 Å². The maximum atomic E-state index is 6.15. The Hall–Kier alpha value is 0.0169. The summed E-state index contributed by atoms with van der Waals surface area (Å²) in [5.74, 6) is 0. The van der Waals surface area contributed by atoms with Crippen molar-refractivity contribution in [1.82, 2.24) is 4.90 Å². The third-order valence-corrected chi connectivity index (χ3v) is 6.18. The second kappa shape index (κ2) is 6.26. The summed E-state index contributed by atoms with van der Waals surface area (Å²) in [7, 11) is 1.39. The molecule has 0 aliphatic carbocycles. The highest BCUT2D eigenvalue weighted by molar-refractivity contribution is 6.60. The fraction of sp³-hybridized carbons (Fsp3) is 1.00. The molecule has 0 aromatic rings. The maximum absolute atomic E-state index is 6.15.